The molecule has 0 saturated carbocycles. The molecule has 0 heterocycles. The number of rotatable bonds is 3. The van der Waals surface area contributed by atoms with E-state index in [0.717, 1.165) is 12.8 Å². The van der Waals surface area contributed by atoms with E-state index in [0.29, 0.717) is 5.56 Å². The number of benzene rings is 1. The zero-order chi connectivity index (χ0) is 11.4. The SMILES string of the molecule is COC(=O)c1ccc(CC2=CC=CC2)cc1. The van der Waals surface area contributed by atoms with Crippen LogP contribution in [-0.2, 0) is 11.2 Å². The Morgan fingerprint density at radius 1 is 1.31 bits per heavy atom. The number of carbonyl (C=O) groups excluding carboxylic acids is 1. The molecule has 2 rings (SSSR count). The molecule has 2 nitrogen and oxygen atoms in total. The number of esters is 1. The Hall–Kier alpha value is -1.83. The van der Waals surface area contributed by atoms with Crippen LogP contribution >= 0.6 is 0 Å². The van der Waals surface area contributed by atoms with E-state index in [9.17, 15) is 4.79 Å². The summed E-state index contributed by atoms with van der Waals surface area (Å²) in [6, 6.07) is 7.57. The Bertz CT molecular complexity index is 438. The summed E-state index contributed by atoms with van der Waals surface area (Å²) in [5.41, 5.74) is 3.23. The van der Waals surface area contributed by atoms with Gasteiger partial charge in [-0.05, 0) is 30.5 Å². The van der Waals surface area contributed by atoms with Gasteiger partial charge >= 0.3 is 5.97 Å². The molecule has 1 aromatic carbocycles. The zero-order valence-corrected chi connectivity index (χ0v) is 9.27. The van der Waals surface area contributed by atoms with Gasteiger partial charge in [0.1, 0.15) is 0 Å². The molecule has 0 fully saturated rings. The van der Waals surface area contributed by atoms with Crippen molar-refractivity contribution < 1.29 is 9.53 Å². The second-order valence-electron chi connectivity index (χ2n) is 3.82. The van der Waals surface area contributed by atoms with Crippen molar-refractivity contribution >= 4 is 5.97 Å². The lowest BCUT2D eigenvalue weighted by atomic mass is 10.0. The highest BCUT2D eigenvalue weighted by molar-refractivity contribution is 5.89. The van der Waals surface area contributed by atoms with Crippen LogP contribution in [-0.4, -0.2) is 13.1 Å². The molecule has 0 saturated heterocycles. The van der Waals surface area contributed by atoms with Gasteiger partial charge in [0.25, 0.3) is 0 Å². The van der Waals surface area contributed by atoms with Crippen molar-refractivity contribution in [3.05, 3.63) is 59.2 Å². The number of hydrogen-bond acceptors (Lipinski definition) is 2. The number of allylic oxidation sites excluding steroid dienone is 4. The standard InChI is InChI=1S/C14H14O2/c1-16-14(15)13-8-6-12(7-9-13)10-11-4-2-3-5-11/h2-4,6-9H,5,10H2,1H3. The van der Waals surface area contributed by atoms with Gasteiger partial charge in [-0.1, -0.05) is 35.9 Å². The summed E-state index contributed by atoms with van der Waals surface area (Å²) >= 11 is 0. The van der Waals surface area contributed by atoms with Gasteiger partial charge in [0.15, 0.2) is 0 Å². The van der Waals surface area contributed by atoms with Crippen LogP contribution in [0.25, 0.3) is 0 Å². The third kappa shape index (κ3) is 2.40. The van der Waals surface area contributed by atoms with Gasteiger partial charge < -0.3 is 4.74 Å². The van der Waals surface area contributed by atoms with Crippen LogP contribution in [0.4, 0.5) is 0 Å². The first-order valence-electron chi connectivity index (χ1n) is 5.31. The largest absolute Gasteiger partial charge is 0.465 e. The Kier molecular flexibility index (Phi) is 3.20. The molecule has 0 aromatic heterocycles. The summed E-state index contributed by atoms with van der Waals surface area (Å²) in [6.45, 7) is 0. The molecule has 0 atom stereocenters. The lowest BCUT2D eigenvalue weighted by Crippen LogP contribution is -2.01. The topological polar surface area (TPSA) is 26.3 Å². The van der Waals surface area contributed by atoms with Gasteiger partial charge in [-0.25, -0.2) is 4.79 Å². The Labute approximate surface area is 95.2 Å². The summed E-state index contributed by atoms with van der Waals surface area (Å²) in [7, 11) is 1.39. The highest BCUT2D eigenvalue weighted by atomic mass is 16.5. The molecule has 1 aliphatic carbocycles. The molecule has 0 amide bonds. The average Bonchev–Trinajstić information content (AvgIpc) is 2.82. The summed E-state index contributed by atoms with van der Waals surface area (Å²) in [4.78, 5) is 11.2. The minimum atomic E-state index is -0.284. The molecule has 0 unspecified atom stereocenters. The van der Waals surface area contributed by atoms with Crippen molar-refractivity contribution in [2.45, 2.75) is 12.8 Å². The van der Waals surface area contributed by atoms with Crippen LogP contribution in [0, 0.1) is 0 Å². The lowest BCUT2D eigenvalue weighted by molar-refractivity contribution is 0.0601. The quantitative estimate of drug-likeness (QED) is 0.723. The predicted octanol–water partition coefficient (Wildman–Crippen LogP) is 2.90. The van der Waals surface area contributed by atoms with Crippen molar-refractivity contribution in [3.8, 4) is 0 Å². The fourth-order valence-corrected chi connectivity index (χ4v) is 1.76. The van der Waals surface area contributed by atoms with Crippen molar-refractivity contribution in [2.75, 3.05) is 7.11 Å². The Morgan fingerprint density at radius 2 is 2.06 bits per heavy atom. The van der Waals surface area contributed by atoms with Crippen molar-refractivity contribution in [1.82, 2.24) is 0 Å². The van der Waals surface area contributed by atoms with E-state index >= 15 is 0 Å². The molecule has 2 heteroatoms. The molecule has 0 spiro atoms. The number of carbonyl (C=O) groups is 1. The zero-order valence-electron chi connectivity index (χ0n) is 9.27. The average molecular weight is 214 g/mol. The molecule has 16 heavy (non-hydrogen) atoms. The minimum Gasteiger partial charge on any atom is -0.465 e. The van der Waals surface area contributed by atoms with Gasteiger partial charge in [-0.15, -0.1) is 0 Å². The van der Waals surface area contributed by atoms with Gasteiger partial charge in [0, 0.05) is 0 Å². The fraction of sp³-hybridized carbons (Fsp3) is 0.214. The molecule has 0 radical (unpaired) electrons. The van der Waals surface area contributed by atoms with Crippen LogP contribution in [0.15, 0.2) is 48.1 Å². The van der Waals surface area contributed by atoms with E-state index in [1.807, 2.05) is 24.3 Å². The number of methoxy groups -OCH3 is 1. The summed E-state index contributed by atoms with van der Waals surface area (Å²) in [5, 5.41) is 0. The van der Waals surface area contributed by atoms with E-state index in [1.54, 1.807) is 0 Å². The first-order chi connectivity index (χ1) is 7.79. The third-order valence-electron chi connectivity index (χ3n) is 2.65. The predicted molar refractivity (Wildman–Crippen MR) is 63.3 cm³/mol. The molecule has 0 aliphatic heterocycles. The summed E-state index contributed by atoms with van der Waals surface area (Å²) in [5.74, 6) is -0.284. The second kappa shape index (κ2) is 4.79. The van der Waals surface area contributed by atoms with Crippen LogP contribution < -0.4 is 0 Å². The monoisotopic (exact) mass is 214 g/mol. The third-order valence-corrected chi connectivity index (χ3v) is 2.65. The minimum absolute atomic E-state index is 0.284. The second-order valence-corrected chi connectivity index (χ2v) is 3.82. The van der Waals surface area contributed by atoms with E-state index in [-0.39, 0.29) is 5.97 Å². The Balaban J connectivity index is 2.04. The first-order valence-corrected chi connectivity index (χ1v) is 5.31. The van der Waals surface area contributed by atoms with Crippen molar-refractivity contribution in [1.29, 1.82) is 0 Å². The molecular weight excluding hydrogens is 200 g/mol. The molecule has 1 aliphatic rings. The van der Waals surface area contributed by atoms with Gasteiger partial charge in [0.05, 0.1) is 12.7 Å². The molecular formula is C14H14O2. The molecule has 82 valence electrons. The van der Waals surface area contributed by atoms with Crippen molar-refractivity contribution in [2.24, 2.45) is 0 Å². The summed E-state index contributed by atoms with van der Waals surface area (Å²) < 4.78 is 4.65. The Morgan fingerprint density at radius 3 is 2.62 bits per heavy atom. The van der Waals surface area contributed by atoms with E-state index in [2.05, 4.69) is 23.0 Å². The number of hydrogen-bond donors (Lipinski definition) is 0. The van der Waals surface area contributed by atoms with E-state index < -0.39 is 0 Å². The normalized spacial score (nSPS) is 13.7. The van der Waals surface area contributed by atoms with Gasteiger partial charge in [-0.2, -0.15) is 0 Å². The molecule has 1 aromatic rings. The van der Waals surface area contributed by atoms with Crippen LogP contribution in [0.5, 0.6) is 0 Å². The smallest absolute Gasteiger partial charge is 0.337 e. The maximum atomic E-state index is 11.2. The van der Waals surface area contributed by atoms with Crippen LogP contribution in [0.2, 0.25) is 0 Å². The van der Waals surface area contributed by atoms with E-state index in [4.69, 9.17) is 0 Å². The van der Waals surface area contributed by atoms with Crippen LogP contribution in [0.1, 0.15) is 22.3 Å². The highest BCUT2D eigenvalue weighted by Gasteiger charge is 2.05. The number of ether oxygens (including phenoxy) is 1. The summed E-state index contributed by atoms with van der Waals surface area (Å²) in [6.07, 6.45) is 8.37. The first kappa shape index (κ1) is 10.7. The van der Waals surface area contributed by atoms with Crippen LogP contribution in [0.3, 0.4) is 0 Å². The fourth-order valence-electron chi connectivity index (χ4n) is 1.76. The van der Waals surface area contributed by atoms with E-state index in [1.165, 1.54) is 18.2 Å². The van der Waals surface area contributed by atoms with Gasteiger partial charge in [-0.3, -0.25) is 0 Å². The molecule has 0 bridgehead atoms. The maximum absolute atomic E-state index is 11.2. The highest BCUT2D eigenvalue weighted by Crippen LogP contribution is 2.17. The molecule has 0 N–H and O–H groups in total. The lowest BCUT2D eigenvalue weighted by Gasteiger charge is -2.03. The van der Waals surface area contributed by atoms with Crippen molar-refractivity contribution in [3.63, 3.8) is 0 Å². The van der Waals surface area contributed by atoms with Gasteiger partial charge in [0.2, 0.25) is 0 Å². The maximum Gasteiger partial charge on any atom is 0.337 e.